The number of rotatable bonds is 6. The third-order valence-electron chi connectivity index (χ3n) is 5.19. The molecule has 2 heterocycles. The Morgan fingerprint density at radius 3 is 2.43 bits per heavy atom. The van der Waals surface area contributed by atoms with Gasteiger partial charge in [-0.3, -0.25) is 4.79 Å². The van der Waals surface area contributed by atoms with E-state index in [9.17, 15) is 4.79 Å². The first-order valence-corrected chi connectivity index (χ1v) is 9.58. The van der Waals surface area contributed by atoms with E-state index < -0.39 is 18.3 Å². The second-order valence-electron chi connectivity index (χ2n) is 7.88. The first-order chi connectivity index (χ1) is 13.1. The first kappa shape index (κ1) is 20.9. The van der Waals surface area contributed by atoms with E-state index in [4.69, 9.17) is 30.8 Å². The minimum atomic E-state index is -0.572. The Labute approximate surface area is 170 Å². The lowest BCUT2D eigenvalue weighted by molar-refractivity contribution is 0.00578. The van der Waals surface area contributed by atoms with Crippen molar-refractivity contribution in [2.24, 2.45) is 0 Å². The molecule has 0 atom stereocenters. The van der Waals surface area contributed by atoms with E-state index in [1.165, 1.54) is 6.07 Å². The molecule has 0 amide bonds. The zero-order chi connectivity index (χ0) is 20.5. The minimum Gasteiger partial charge on any atom is -0.491 e. The highest BCUT2D eigenvalue weighted by Crippen LogP contribution is 2.36. The standard InChI is InChI=1S/C20H25BClNO5/c1-19(2)20(3,4)28-21(27-19)15-5-6-23(18(25)11-15)13-14-9-16(22)12-17(10-14)26-8-7-24/h5-6,9-12,24H,7-8,13H2,1-4H3. The molecule has 150 valence electrons. The summed E-state index contributed by atoms with van der Waals surface area (Å²) in [5.74, 6) is 0.554. The molecule has 0 saturated carbocycles. The highest BCUT2D eigenvalue weighted by molar-refractivity contribution is 6.62. The topological polar surface area (TPSA) is 69.9 Å². The van der Waals surface area contributed by atoms with Crippen LogP contribution in [0.1, 0.15) is 33.3 Å². The van der Waals surface area contributed by atoms with E-state index in [-0.39, 0.29) is 18.8 Å². The summed E-state index contributed by atoms with van der Waals surface area (Å²) in [6, 6.07) is 8.62. The molecule has 1 saturated heterocycles. The van der Waals surface area contributed by atoms with E-state index in [1.807, 2.05) is 33.8 Å². The van der Waals surface area contributed by atoms with Gasteiger partial charge in [0.1, 0.15) is 12.4 Å². The fourth-order valence-electron chi connectivity index (χ4n) is 2.94. The van der Waals surface area contributed by atoms with Gasteiger partial charge >= 0.3 is 7.12 Å². The van der Waals surface area contributed by atoms with Crippen LogP contribution in [-0.4, -0.2) is 41.2 Å². The second-order valence-corrected chi connectivity index (χ2v) is 8.32. The van der Waals surface area contributed by atoms with Crippen molar-refractivity contribution in [2.45, 2.75) is 45.4 Å². The molecule has 1 aromatic heterocycles. The summed E-state index contributed by atoms with van der Waals surface area (Å²) in [7, 11) is -0.572. The van der Waals surface area contributed by atoms with Gasteiger partial charge in [0.25, 0.3) is 0 Å². The molecule has 28 heavy (non-hydrogen) atoms. The molecule has 0 radical (unpaired) electrons. The number of hydrogen-bond acceptors (Lipinski definition) is 5. The Bertz CT molecular complexity index is 896. The van der Waals surface area contributed by atoms with Crippen LogP contribution >= 0.6 is 11.6 Å². The first-order valence-electron chi connectivity index (χ1n) is 9.20. The molecule has 2 aromatic rings. The normalized spacial score (nSPS) is 17.7. The number of benzene rings is 1. The lowest BCUT2D eigenvalue weighted by Gasteiger charge is -2.32. The summed E-state index contributed by atoms with van der Waals surface area (Å²) < 4.78 is 19.0. The molecule has 1 aliphatic rings. The van der Waals surface area contributed by atoms with Crippen LogP contribution < -0.4 is 15.8 Å². The zero-order valence-electron chi connectivity index (χ0n) is 16.6. The molecular weight excluding hydrogens is 380 g/mol. The molecule has 6 nitrogen and oxygen atoms in total. The van der Waals surface area contributed by atoms with Gasteiger partial charge in [0, 0.05) is 17.3 Å². The van der Waals surface area contributed by atoms with Gasteiger partial charge in [0.15, 0.2) is 0 Å². The molecule has 0 bridgehead atoms. The summed E-state index contributed by atoms with van der Waals surface area (Å²) >= 11 is 6.14. The molecule has 0 aliphatic carbocycles. The van der Waals surface area contributed by atoms with E-state index in [1.54, 1.807) is 29.0 Å². The van der Waals surface area contributed by atoms with Crippen LogP contribution in [0.2, 0.25) is 5.02 Å². The largest absolute Gasteiger partial charge is 0.495 e. The van der Waals surface area contributed by atoms with Crippen molar-refractivity contribution in [3.05, 3.63) is 57.5 Å². The predicted molar refractivity (Wildman–Crippen MR) is 110 cm³/mol. The van der Waals surface area contributed by atoms with Crippen molar-refractivity contribution in [1.29, 1.82) is 0 Å². The van der Waals surface area contributed by atoms with Crippen LogP contribution in [0.15, 0.2) is 41.3 Å². The Hall–Kier alpha value is -1.80. The van der Waals surface area contributed by atoms with Crippen molar-refractivity contribution in [2.75, 3.05) is 13.2 Å². The van der Waals surface area contributed by atoms with Crippen LogP contribution in [-0.2, 0) is 15.9 Å². The highest BCUT2D eigenvalue weighted by Gasteiger charge is 2.51. The van der Waals surface area contributed by atoms with E-state index >= 15 is 0 Å². The van der Waals surface area contributed by atoms with Gasteiger partial charge in [-0.05, 0) is 63.0 Å². The van der Waals surface area contributed by atoms with Crippen molar-refractivity contribution >= 4 is 24.2 Å². The maximum Gasteiger partial charge on any atom is 0.495 e. The van der Waals surface area contributed by atoms with Gasteiger partial charge in [-0.15, -0.1) is 0 Å². The van der Waals surface area contributed by atoms with Gasteiger partial charge in [0.05, 0.1) is 24.4 Å². The van der Waals surface area contributed by atoms with Gasteiger partial charge in [-0.1, -0.05) is 11.6 Å². The number of aliphatic hydroxyl groups is 1. The average molecular weight is 406 g/mol. The minimum absolute atomic E-state index is 0.0817. The SMILES string of the molecule is CC1(C)OB(c2ccn(Cc3cc(Cl)cc(OCCO)c3)c(=O)c2)OC1(C)C. The summed E-state index contributed by atoms with van der Waals surface area (Å²) in [5, 5.41) is 9.40. The van der Waals surface area contributed by atoms with Crippen molar-refractivity contribution < 1.29 is 19.2 Å². The monoisotopic (exact) mass is 405 g/mol. The summed E-state index contributed by atoms with van der Waals surface area (Å²) in [5.41, 5.74) is 0.435. The second kappa shape index (κ2) is 7.91. The van der Waals surface area contributed by atoms with Gasteiger partial charge in [0.2, 0.25) is 5.56 Å². The molecular formula is C20H25BClNO5. The molecule has 3 rings (SSSR count). The molecule has 8 heteroatoms. The van der Waals surface area contributed by atoms with E-state index in [0.717, 1.165) is 5.56 Å². The zero-order valence-corrected chi connectivity index (χ0v) is 17.3. The van der Waals surface area contributed by atoms with E-state index in [2.05, 4.69) is 0 Å². The van der Waals surface area contributed by atoms with Gasteiger partial charge < -0.3 is 23.7 Å². The molecule has 0 spiro atoms. The lowest BCUT2D eigenvalue weighted by atomic mass is 9.80. The molecule has 1 fully saturated rings. The fraction of sp³-hybridized carbons (Fsp3) is 0.450. The smallest absolute Gasteiger partial charge is 0.491 e. The quantitative estimate of drug-likeness (QED) is 0.746. The van der Waals surface area contributed by atoms with Crippen LogP contribution in [0.5, 0.6) is 5.75 Å². The van der Waals surface area contributed by atoms with Gasteiger partial charge in [-0.25, -0.2) is 0 Å². The fourth-order valence-corrected chi connectivity index (χ4v) is 3.18. The number of aliphatic hydroxyl groups excluding tert-OH is 1. The number of hydrogen-bond donors (Lipinski definition) is 1. The van der Waals surface area contributed by atoms with Crippen molar-refractivity contribution in [3.8, 4) is 5.75 Å². The number of aromatic nitrogens is 1. The Morgan fingerprint density at radius 2 is 1.82 bits per heavy atom. The van der Waals surface area contributed by atoms with Gasteiger partial charge in [-0.2, -0.15) is 0 Å². The molecule has 1 aromatic carbocycles. The number of ether oxygens (including phenoxy) is 1. The Morgan fingerprint density at radius 1 is 1.14 bits per heavy atom. The van der Waals surface area contributed by atoms with Crippen LogP contribution in [0.3, 0.4) is 0 Å². The molecule has 1 aliphatic heterocycles. The van der Waals surface area contributed by atoms with Crippen molar-refractivity contribution in [1.82, 2.24) is 4.57 Å². The maximum absolute atomic E-state index is 12.6. The van der Waals surface area contributed by atoms with Crippen LogP contribution in [0, 0.1) is 0 Å². The summed E-state index contributed by atoms with van der Waals surface area (Å²) in [6.07, 6.45) is 1.72. The third kappa shape index (κ3) is 4.44. The summed E-state index contributed by atoms with van der Waals surface area (Å²) in [6.45, 7) is 8.35. The highest BCUT2D eigenvalue weighted by atomic mass is 35.5. The third-order valence-corrected chi connectivity index (χ3v) is 5.41. The average Bonchev–Trinajstić information content (AvgIpc) is 2.82. The number of halogens is 1. The van der Waals surface area contributed by atoms with Crippen LogP contribution in [0.25, 0.3) is 0 Å². The van der Waals surface area contributed by atoms with E-state index in [0.29, 0.717) is 22.8 Å². The number of pyridine rings is 1. The lowest BCUT2D eigenvalue weighted by Crippen LogP contribution is -2.41. The Balaban J connectivity index is 1.79. The summed E-state index contributed by atoms with van der Waals surface area (Å²) in [4.78, 5) is 12.6. The Kier molecular flexibility index (Phi) is 5.91. The number of nitrogens with zero attached hydrogens (tertiary/aromatic N) is 1. The van der Waals surface area contributed by atoms with Crippen LogP contribution in [0.4, 0.5) is 0 Å². The molecule has 0 unspecified atom stereocenters. The molecule has 1 N–H and O–H groups in total. The van der Waals surface area contributed by atoms with Crippen molar-refractivity contribution in [3.63, 3.8) is 0 Å². The predicted octanol–water partition coefficient (Wildman–Crippen LogP) is 2.22. The maximum atomic E-state index is 12.6.